The van der Waals surface area contributed by atoms with E-state index >= 15 is 0 Å². The summed E-state index contributed by atoms with van der Waals surface area (Å²) in [6.45, 7) is 0. The molecule has 0 atom stereocenters. The third-order valence-corrected chi connectivity index (χ3v) is 2.78. The van der Waals surface area contributed by atoms with Gasteiger partial charge in [-0.05, 0) is 42.0 Å². The number of benzene rings is 2. The summed E-state index contributed by atoms with van der Waals surface area (Å²) in [6, 6.07) is 4.81. The van der Waals surface area contributed by atoms with Crippen molar-refractivity contribution in [3.8, 4) is 16.9 Å². The van der Waals surface area contributed by atoms with Crippen LogP contribution in [0.25, 0.3) is 11.1 Å². The van der Waals surface area contributed by atoms with Crippen molar-refractivity contribution in [3.63, 3.8) is 0 Å². The van der Waals surface area contributed by atoms with Crippen molar-refractivity contribution in [1.82, 2.24) is 0 Å². The van der Waals surface area contributed by atoms with E-state index in [4.69, 9.17) is 5.11 Å². The molecule has 0 unspecified atom stereocenters. The highest BCUT2D eigenvalue weighted by molar-refractivity contribution is 5.90. The zero-order valence-corrected chi connectivity index (χ0v) is 10.3. The standard InChI is InChI=1S/C14H8F4O3/c15-10-1-2-12(19)11(6-10)7-3-8(13(20)21)5-9(4-7)14(16,17)18/h1-6,19H,(H,20,21). The van der Waals surface area contributed by atoms with E-state index in [1.165, 1.54) is 0 Å². The maximum absolute atomic E-state index is 13.2. The molecule has 7 heteroatoms. The minimum atomic E-state index is -4.76. The molecule has 21 heavy (non-hydrogen) atoms. The zero-order valence-electron chi connectivity index (χ0n) is 10.3. The van der Waals surface area contributed by atoms with Gasteiger partial charge in [0.25, 0.3) is 0 Å². The van der Waals surface area contributed by atoms with Crippen LogP contribution in [0.4, 0.5) is 17.6 Å². The largest absolute Gasteiger partial charge is 0.507 e. The first-order chi connectivity index (χ1) is 9.68. The van der Waals surface area contributed by atoms with Gasteiger partial charge in [0, 0.05) is 5.56 Å². The predicted octanol–water partition coefficient (Wildman–Crippen LogP) is 3.92. The number of alkyl halides is 3. The summed E-state index contributed by atoms with van der Waals surface area (Å²) >= 11 is 0. The van der Waals surface area contributed by atoms with Crippen LogP contribution in [0.5, 0.6) is 5.75 Å². The highest BCUT2D eigenvalue weighted by atomic mass is 19.4. The normalized spacial score (nSPS) is 11.4. The first-order valence-electron chi connectivity index (χ1n) is 5.63. The maximum atomic E-state index is 13.2. The highest BCUT2D eigenvalue weighted by Crippen LogP contribution is 2.36. The summed E-state index contributed by atoms with van der Waals surface area (Å²) in [7, 11) is 0. The Morgan fingerprint density at radius 1 is 1.05 bits per heavy atom. The SMILES string of the molecule is O=C(O)c1cc(-c2cc(F)ccc2O)cc(C(F)(F)F)c1. The number of hydrogen-bond acceptors (Lipinski definition) is 2. The first-order valence-corrected chi connectivity index (χ1v) is 5.63. The van der Waals surface area contributed by atoms with Crippen molar-refractivity contribution in [1.29, 1.82) is 0 Å². The van der Waals surface area contributed by atoms with Crippen molar-refractivity contribution in [2.24, 2.45) is 0 Å². The van der Waals surface area contributed by atoms with Crippen LogP contribution < -0.4 is 0 Å². The third kappa shape index (κ3) is 3.13. The number of halogens is 4. The molecule has 2 N–H and O–H groups in total. The Balaban J connectivity index is 2.71. The molecule has 0 heterocycles. The molecule has 2 rings (SSSR count). The molecule has 0 amide bonds. The second-order valence-corrected chi connectivity index (χ2v) is 4.26. The van der Waals surface area contributed by atoms with Crippen molar-refractivity contribution in [2.45, 2.75) is 6.18 Å². The van der Waals surface area contributed by atoms with Crippen LogP contribution in [0, 0.1) is 5.82 Å². The summed E-state index contributed by atoms with van der Waals surface area (Å²) in [5, 5.41) is 18.5. The summed E-state index contributed by atoms with van der Waals surface area (Å²) < 4.78 is 51.5. The number of aromatic hydroxyl groups is 1. The van der Waals surface area contributed by atoms with Gasteiger partial charge in [-0.15, -0.1) is 0 Å². The Kier molecular flexibility index (Phi) is 3.59. The molecule has 0 radical (unpaired) electrons. The molecule has 0 aromatic heterocycles. The molecule has 0 aliphatic heterocycles. The average molecular weight is 300 g/mol. The summed E-state index contributed by atoms with van der Waals surface area (Å²) in [5.74, 6) is -2.78. The zero-order chi connectivity index (χ0) is 15.8. The van der Waals surface area contributed by atoms with E-state index in [1.807, 2.05) is 0 Å². The molecule has 0 bridgehead atoms. The number of carbonyl (C=O) groups is 1. The molecule has 0 saturated carbocycles. The van der Waals surface area contributed by atoms with Crippen LogP contribution in [-0.4, -0.2) is 16.2 Å². The molecule has 0 aliphatic carbocycles. The molecule has 3 nitrogen and oxygen atoms in total. The molecule has 0 saturated heterocycles. The Labute approximate surface area is 116 Å². The summed E-state index contributed by atoms with van der Waals surface area (Å²) in [6.07, 6.45) is -4.76. The quantitative estimate of drug-likeness (QED) is 0.827. The van der Waals surface area contributed by atoms with E-state index < -0.39 is 34.8 Å². The molecule has 2 aromatic carbocycles. The summed E-state index contributed by atoms with van der Waals surface area (Å²) in [5.41, 5.74) is -2.26. The van der Waals surface area contributed by atoms with Crippen LogP contribution in [0.2, 0.25) is 0 Å². The fraction of sp³-hybridized carbons (Fsp3) is 0.0714. The predicted molar refractivity (Wildman–Crippen MR) is 65.5 cm³/mol. The number of phenols is 1. The fourth-order valence-corrected chi connectivity index (χ4v) is 1.81. The van der Waals surface area contributed by atoms with E-state index in [-0.39, 0.29) is 11.1 Å². The van der Waals surface area contributed by atoms with Crippen molar-refractivity contribution < 1.29 is 32.6 Å². The lowest BCUT2D eigenvalue weighted by Crippen LogP contribution is -2.08. The van der Waals surface area contributed by atoms with E-state index in [2.05, 4.69) is 0 Å². The third-order valence-electron chi connectivity index (χ3n) is 2.78. The minimum Gasteiger partial charge on any atom is -0.507 e. The van der Waals surface area contributed by atoms with Crippen LogP contribution in [-0.2, 0) is 6.18 Å². The molecule has 0 fully saturated rings. The smallest absolute Gasteiger partial charge is 0.416 e. The lowest BCUT2D eigenvalue weighted by atomic mass is 9.98. The first kappa shape index (κ1) is 14.8. The Morgan fingerprint density at radius 2 is 1.71 bits per heavy atom. The molecule has 110 valence electrons. The number of carboxylic acids is 1. The topological polar surface area (TPSA) is 57.5 Å². The fourth-order valence-electron chi connectivity index (χ4n) is 1.81. The van der Waals surface area contributed by atoms with Crippen LogP contribution in [0.3, 0.4) is 0 Å². The van der Waals surface area contributed by atoms with Crippen molar-refractivity contribution in [3.05, 3.63) is 53.3 Å². The van der Waals surface area contributed by atoms with Gasteiger partial charge < -0.3 is 10.2 Å². The number of rotatable bonds is 2. The molecular formula is C14H8F4O3. The van der Waals surface area contributed by atoms with E-state index in [0.29, 0.717) is 12.1 Å². The molecule has 0 aliphatic rings. The lowest BCUT2D eigenvalue weighted by molar-refractivity contribution is -0.137. The van der Waals surface area contributed by atoms with Gasteiger partial charge in [0.05, 0.1) is 11.1 Å². The Bertz CT molecular complexity index is 708. The van der Waals surface area contributed by atoms with E-state index in [9.17, 15) is 27.5 Å². The Hall–Kier alpha value is -2.57. The number of hydrogen-bond donors (Lipinski definition) is 2. The monoisotopic (exact) mass is 300 g/mol. The number of phenolic OH excluding ortho intramolecular Hbond substituents is 1. The van der Waals surface area contributed by atoms with Gasteiger partial charge in [-0.1, -0.05) is 0 Å². The van der Waals surface area contributed by atoms with Gasteiger partial charge in [-0.25, -0.2) is 9.18 Å². The van der Waals surface area contributed by atoms with E-state index in [1.54, 1.807) is 0 Å². The highest BCUT2D eigenvalue weighted by Gasteiger charge is 2.32. The van der Waals surface area contributed by atoms with Gasteiger partial charge in [0.2, 0.25) is 0 Å². The van der Waals surface area contributed by atoms with Gasteiger partial charge in [0.15, 0.2) is 0 Å². The second kappa shape index (κ2) is 5.08. The van der Waals surface area contributed by atoms with E-state index in [0.717, 1.165) is 24.3 Å². The second-order valence-electron chi connectivity index (χ2n) is 4.26. The molecular weight excluding hydrogens is 292 g/mol. The average Bonchev–Trinajstić information content (AvgIpc) is 2.40. The summed E-state index contributed by atoms with van der Waals surface area (Å²) in [4.78, 5) is 10.9. The van der Waals surface area contributed by atoms with Gasteiger partial charge in [-0.2, -0.15) is 13.2 Å². The van der Waals surface area contributed by atoms with Gasteiger partial charge >= 0.3 is 12.1 Å². The van der Waals surface area contributed by atoms with Crippen molar-refractivity contribution in [2.75, 3.05) is 0 Å². The van der Waals surface area contributed by atoms with Crippen LogP contribution in [0.15, 0.2) is 36.4 Å². The van der Waals surface area contributed by atoms with Crippen molar-refractivity contribution >= 4 is 5.97 Å². The maximum Gasteiger partial charge on any atom is 0.416 e. The minimum absolute atomic E-state index is 0.219. The molecule has 2 aromatic rings. The van der Waals surface area contributed by atoms with Crippen LogP contribution >= 0.6 is 0 Å². The lowest BCUT2D eigenvalue weighted by Gasteiger charge is -2.12. The number of aromatic carboxylic acids is 1. The van der Waals surface area contributed by atoms with Gasteiger partial charge in [0.1, 0.15) is 11.6 Å². The number of carboxylic acid groups (broad SMARTS) is 1. The Morgan fingerprint density at radius 3 is 2.29 bits per heavy atom. The molecule has 0 spiro atoms. The van der Waals surface area contributed by atoms with Gasteiger partial charge in [-0.3, -0.25) is 0 Å². The van der Waals surface area contributed by atoms with Crippen LogP contribution in [0.1, 0.15) is 15.9 Å².